The molecule has 0 fully saturated rings. The molecule has 0 aromatic carbocycles. The van der Waals surface area contributed by atoms with Gasteiger partial charge in [0.2, 0.25) is 5.88 Å². The predicted molar refractivity (Wildman–Crippen MR) is 64.8 cm³/mol. The quantitative estimate of drug-likeness (QED) is 0.730. The largest absolute Gasteiger partial charge is 0.478 e. The van der Waals surface area contributed by atoms with Crippen LogP contribution in [0, 0.1) is 5.92 Å². The number of hydrogen-bond donors (Lipinski definition) is 0. The van der Waals surface area contributed by atoms with E-state index in [1.54, 1.807) is 0 Å². The first-order chi connectivity index (χ1) is 7.52. The first-order valence-corrected chi connectivity index (χ1v) is 6.21. The summed E-state index contributed by atoms with van der Waals surface area (Å²) in [6, 6.07) is 0. The van der Waals surface area contributed by atoms with Crippen molar-refractivity contribution in [3.05, 3.63) is 11.8 Å². The lowest BCUT2D eigenvalue weighted by Crippen LogP contribution is -2.13. The van der Waals surface area contributed by atoms with Crippen LogP contribution in [0.4, 0.5) is 0 Å². The van der Waals surface area contributed by atoms with Gasteiger partial charge in [0.1, 0.15) is 0 Å². The van der Waals surface area contributed by atoms with Gasteiger partial charge in [-0.3, -0.25) is 0 Å². The molecule has 16 heavy (non-hydrogen) atoms. The van der Waals surface area contributed by atoms with Crippen LogP contribution in [0.15, 0.2) is 6.20 Å². The minimum atomic E-state index is 0.111. The SMILES string of the molecule is CC[C@@H]1CCOc2c(C(C)(C)C)cnn2C1. The molecule has 3 nitrogen and oxygen atoms in total. The van der Waals surface area contributed by atoms with Crippen LogP contribution < -0.4 is 4.74 Å². The molecule has 0 unspecified atom stereocenters. The van der Waals surface area contributed by atoms with E-state index >= 15 is 0 Å². The van der Waals surface area contributed by atoms with Crippen molar-refractivity contribution in [1.29, 1.82) is 0 Å². The normalized spacial score (nSPS) is 21.1. The summed E-state index contributed by atoms with van der Waals surface area (Å²) in [6.07, 6.45) is 4.31. The summed E-state index contributed by atoms with van der Waals surface area (Å²) >= 11 is 0. The molecule has 0 aliphatic carbocycles. The second-order valence-corrected chi connectivity index (χ2v) is 5.71. The van der Waals surface area contributed by atoms with Gasteiger partial charge in [-0.25, -0.2) is 4.68 Å². The number of aromatic nitrogens is 2. The zero-order valence-electron chi connectivity index (χ0n) is 10.8. The van der Waals surface area contributed by atoms with Gasteiger partial charge in [-0.15, -0.1) is 0 Å². The second kappa shape index (κ2) is 4.11. The van der Waals surface area contributed by atoms with Gasteiger partial charge in [0.25, 0.3) is 0 Å². The van der Waals surface area contributed by atoms with Crippen LogP contribution in [0.5, 0.6) is 5.88 Å². The van der Waals surface area contributed by atoms with Crippen molar-refractivity contribution in [3.63, 3.8) is 0 Å². The lowest BCUT2D eigenvalue weighted by molar-refractivity contribution is 0.284. The lowest BCUT2D eigenvalue weighted by Gasteiger charge is -2.18. The minimum Gasteiger partial charge on any atom is -0.478 e. The van der Waals surface area contributed by atoms with Crippen molar-refractivity contribution in [2.75, 3.05) is 6.61 Å². The lowest BCUT2D eigenvalue weighted by atomic mass is 9.89. The van der Waals surface area contributed by atoms with Gasteiger partial charge in [0.05, 0.1) is 12.8 Å². The Morgan fingerprint density at radius 2 is 2.25 bits per heavy atom. The topological polar surface area (TPSA) is 27.1 Å². The number of fused-ring (bicyclic) bond motifs is 1. The highest BCUT2D eigenvalue weighted by Gasteiger charge is 2.26. The van der Waals surface area contributed by atoms with Gasteiger partial charge in [-0.2, -0.15) is 5.10 Å². The van der Waals surface area contributed by atoms with Gasteiger partial charge in [-0.05, 0) is 17.8 Å². The fraction of sp³-hybridized carbons (Fsp3) is 0.769. The highest BCUT2D eigenvalue weighted by atomic mass is 16.5. The maximum Gasteiger partial charge on any atom is 0.215 e. The summed E-state index contributed by atoms with van der Waals surface area (Å²) in [5.74, 6) is 1.69. The summed E-state index contributed by atoms with van der Waals surface area (Å²) < 4.78 is 7.92. The van der Waals surface area contributed by atoms with E-state index in [1.165, 1.54) is 12.0 Å². The van der Waals surface area contributed by atoms with Crippen molar-refractivity contribution in [1.82, 2.24) is 9.78 Å². The summed E-state index contributed by atoms with van der Waals surface area (Å²) in [4.78, 5) is 0. The maximum absolute atomic E-state index is 5.88. The third-order valence-electron chi connectivity index (χ3n) is 3.37. The van der Waals surface area contributed by atoms with E-state index in [-0.39, 0.29) is 5.41 Å². The minimum absolute atomic E-state index is 0.111. The Morgan fingerprint density at radius 3 is 2.88 bits per heavy atom. The highest BCUT2D eigenvalue weighted by Crippen LogP contribution is 2.33. The fourth-order valence-electron chi connectivity index (χ4n) is 2.16. The molecule has 0 N–H and O–H groups in total. The van der Waals surface area contributed by atoms with Gasteiger partial charge in [0, 0.05) is 12.1 Å². The van der Waals surface area contributed by atoms with E-state index in [2.05, 4.69) is 32.8 Å². The molecule has 3 heteroatoms. The molecule has 90 valence electrons. The molecule has 1 aliphatic heterocycles. The molecule has 0 saturated heterocycles. The van der Waals surface area contributed by atoms with E-state index in [0.29, 0.717) is 5.92 Å². The molecular formula is C13H22N2O. The molecule has 2 heterocycles. The standard InChI is InChI=1S/C13H22N2O/c1-5-10-6-7-16-12-11(13(2,3)4)8-14-15(12)9-10/h8,10H,5-7,9H2,1-4H3/t10-/m1/s1. The number of ether oxygens (including phenoxy) is 1. The molecule has 0 saturated carbocycles. The molecule has 0 radical (unpaired) electrons. The number of nitrogens with zero attached hydrogens (tertiary/aromatic N) is 2. The molecule has 1 aromatic heterocycles. The summed E-state index contributed by atoms with van der Waals surface area (Å²) in [5, 5.41) is 4.47. The molecule has 0 bridgehead atoms. The third-order valence-corrected chi connectivity index (χ3v) is 3.37. The van der Waals surface area contributed by atoms with Crippen LogP contribution in [-0.2, 0) is 12.0 Å². The number of hydrogen-bond acceptors (Lipinski definition) is 2. The molecule has 2 rings (SSSR count). The maximum atomic E-state index is 5.88. The zero-order chi connectivity index (χ0) is 11.8. The Morgan fingerprint density at radius 1 is 1.50 bits per heavy atom. The Bertz CT molecular complexity index is 362. The van der Waals surface area contributed by atoms with E-state index < -0.39 is 0 Å². The molecule has 1 aromatic rings. The summed E-state index contributed by atoms with van der Waals surface area (Å²) in [7, 11) is 0. The highest BCUT2D eigenvalue weighted by molar-refractivity contribution is 5.31. The van der Waals surface area contributed by atoms with Crippen LogP contribution in [0.3, 0.4) is 0 Å². The summed E-state index contributed by atoms with van der Waals surface area (Å²) in [6.45, 7) is 10.7. The van der Waals surface area contributed by atoms with Gasteiger partial charge >= 0.3 is 0 Å². The van der Waals surface area contributed by atoms with Crippen molar-refractivity contribution >= 4 is 0 Å². The van der Waals surface area contributed by atoms with E-state index in [9.17, 15) is 0 Å². The molecule has 1 atom stereocenters. The molecule has 0 spiro atoms. The predicted octanol–water partition coefficient (Wildman–Crippen LogP) is 2.99. The van der Waals surface area contributed by atoms with Crippen molar-refractivity contribution in [2.45, 2.75) is 52.5 Å². The fourth-order valence-corrected chi connectivity index (χ4v) is 2.16. The van der Waals surface area contributed by atoms with Gasteiger partial charge in [0.15, 0.2) is 0 Å². The molecule has 0 amide bonds. The Balaban J connectivity index is 2.32. The van der Waals surface area contributed by atoms with E-state index in [1.807, 2.05) is 10.9 Å². The van der Waals surface area contributed by atoms with Crippen molar-refractivity contribution < 1.29 is 4.74 Å². The monoisotopic (exact) mass is 222 g/mol. The Labute approximate surface area is 97.8 Å². The number of rotatable bonds is 1. The van der Waals surface area contributed by atoms with E-state index in [4.69, 9.17) is 4.74 Å². The average molecular weight is 222 g/mol. The second-order valence-electron chi connectivity index (χ2n) is 5.71. The summed E-state index contributed by atoms with van der Waals surface area (Å²) in [5.41, 5.74) is 1.34. The van der Waals surface area contributed by atoms with Crippen LogP contribution >= 0.6 is 0 Å². The third kappa shape index (κ3) is 2.08. The Kier molecular flexibility index (Phi) is 2.96. The average Bonchev–Trinajstić information content (AvgIpc) is 2.49. The first kappa shape index (κ1) is 11.5. The van der Waals surface area contributed by atoms with Crippen LogP contribution in [0.2, 0.25) is 0 Å². The molecule has 1 aliphatic rings. The first-order valence-electron chi connectivity index (χ1n) is 6.21. The van der Waals surface area contributed by atoms with Crippen molar-refractivity contribution in [2.24, 2.45) is 5.92 Å². The van der Waals surface area contributed by atoms with Gasteiger partial charge in [-0.1, -0.05) is 34.1 Å². The van der Waals surface area contributed by atoms with Gasteiger partial charge < -0.3 is 4.74 Å². The smallest absolute Gasteiger partial charge is 0.215 e. The van der Waals surface area contributed by atoms with Crippen molar-refractivity contribution in [3.8, 4) is 5.88 Å². The Hall–Kier alpha value is -0.990. The van der Waals surface area contributed by atoms with E-state index in [0.717, 1.165) is 25.5 Å². The zero-order valence-corrected chi connectivity index (χ0v) is 10.8. The van der Waals surface area contributed by atoms with Crippen LogP contribution in [0.1, 0.15) is 46.1 Å². The van der Waals surface area contributed by atoms with Crippen LogP contribution in [0.25, 0.3) is 0 Å². The van der Waals surface area contributed by atoms with Crippen LogP contribution in [-0.4, -0.2) is 16.4 Å². The molecular weight excluding hydrogens is 200 g/mol.